The van der Waals surface area contributed by atoms with Gasteiger partial charge in [0.1, 0.15) is 13.2 Å². The van der Waals surface area contributed by atoms with Crippen LogP contribution in [0.2, 0.25) is 0 Å². The lowest BCUT2D eigenvalue weighted by Crippen LogP contribution is -2.29. The number of ether oxygens (including phenoxy) is 2. The van der Waals surface area contributed by atoms with Crippen molar-refractivity contribution in [2.45, 2.75) is 6.42 Å². The molecule has 2 aromatic rings. The molecule has 4 rings (SSSR count). The summed E-state index contributed by atoms with van der Waals surface area (Å²) in [6.45, 7) is 1.86. The zero-order chi connectivity index (χ0) is 17.4. The first-order chi connectivity index (χ1) is 12.1. The van der Waals surface area contributed by atoms with Gasteiger partial charge in [0.05, 0.1) is 10.8 Å². The van der Waals surface area contributed by atoms with Gasteiger partial charge in [-0.2, -0.15) is 0 Å². The summed E-state index contributed by atoms with van der Waals surface area (Å²) in [7, 11) is 0. The molecule has 138 valence electrons. The van der Waals surface area contributed by atoms with Gasteiger partial charge in [0.15, 0.2) is 11.5 Å². The Morgan fingerprint density at radius 3 is 2.62 bits per heavy atom. The van der Waals surface area contributed by atoms with E-state index in [4.69, 9.17) is 14.6 Å². The number of carbonyl (C=O) groups is 2. The summed E-state index contributed by atoms with van der Waals surface area (Å²) < 4.78 is 11.1. The Morgan fingerprint density at radius 1 is 1.12 bits per heavy atom. The van der Waals surface area contributed by atoms with Crippen LogP contribution < -0.4 is 9.47 Å². The summed E-state index contributed by atoms with van der Waals surface area (Å²) in [4.78, 5) is 26.9. The van der Waals surface area contributed by atoms with Gasteiger partial charge < -0.3 is 19.5 Å². The zero-order valence-electron chi connectivity index (χ0n) is 13.8. The van der Waals surface area contributed by atoms with Crippen LogP contribution in [0, 0.1) is 5.92 Å². The molecule has 26 heavy (non-hydrogen) atoms. The van der Waals surface area contributed by atoms with Crippen LogP contribution in [0.15, 0.2) is 30.3 Å². The Labute approximate surface area is 160 Å². The van der Waals surface area contributed by atoms with Gasteiger partial charge in [-0.3, -0.25) is 9.59 Å². The van der Waals surface area contributed by atoms with E-state index < -0.39 is 11.9 Å². The van der Waals surface area contributed by atoms with Crippen molar-refractivity contribution in [2.24, 2.45) is 5.92 Å². The summed E-state index contributed by atoms with van der Waals surface area (Å²) in [5, 5.41) is 9.08. The number of benzene rings is 1. The number of halogens is 1. The van der Waals surface area contributed by atoms with Crippen molar-refractivity contribution in [3.8, 4) is 21.9 Å². The number of nitrogens with zero attached hydrogens (tertiary/aromatic N) is 1. The molecule has 1 fully saturated rings. The minimum absolute atomic E-state index is 0. The van der Waals surface area contributed by atoms with Gasteiger partial charge in [-0.25, -0.2) is 0 Å². The van der Waals surface area contributed by atoms with Crippen LogP contribution >= 0.6 is 23.7 Å². The largest absolute Gasteiger partial charge is 0.486 e. The van der Waals surface area contributed by atoms with Gasteiger partial charge in [-0.1, -0.05) is 0 Å². The molecule has 0 aliphatic carbocycles. The summed E-state index contributed by atoms with van der Waals surface area (Å²) >= 11 is 1.41. The van der Waals surface area contributed by atoms with E-state index >= 15 is 0 Å². The smallest absolute Gasteiger partial charge is 0.308 e. The fourth-order valence-corrected chi connectivity index (χ4v) is 4.08. The molecule has 1 saturated heterocycles. The second kappa shape index (κ2) is 7.55. The lowest BCUT2D eigenvalue weighted by molar-refractivity contribution is -0.141. The maximum Gasteiger partial charge on any atom is 0.308 e. The summed E-state index contributed by atoms with van der Waals surface area (Å²) in [6.07, 6.45) is 0.515. The number of rotatable bonds is 3. The quantitative estimate of drug-likeness (QED) is 0.863. The zero-order valence-corrected chi connectivity index (χ0v) is 15.5. The van der Waals surface area contributed by atoms with Crippen LogP contribution in [0.5, 0.6) is 11.5 Å². The molecular weight excluding hydrogens is 378 g/mol. The van der Waals surface area contributed by atoms with Crippen molar-refractivity contribution >= 4 is 35.6 Å². The number of aliphatic carboxylic acids is 1. The molecule has 0 bridgehead atoms. The minimum atomic E-state index is -0.835. The van der Waals surface area contributed by atoms with E-state index in [1.807, 2.05) is 24.3 Å². The highest BCUT2D eigenvalue weighted by Gasteiger charge is 2.31. The van der Waals surface area contributed by atoms with Gasteiger partial charge in [0, 0.05) is 18.0 Å². The van der Waals surface area contributed by atoms with E-state index in [2.05, 4.69) is 0 Å². The third kappa shape index (κ3) is 3.50. The highest BCUT2D eigenvalue weighted by atomic mass is 35.5. The van der Waals surface area contributed by atoms with Crippen LogP contribution in [-0.2, 0) is 4.79 Å². The molecule has 2 aliphatic heterocycles. The maximum absolute atomic E-state index is 12.6. The average molecular weight is 396 g/mol. The third-order valence-electron chi connectivity index (χ3n) is 4.47. The Kier molecular flexibility index (Phi) is 5.38. The van der Waals surface area contributed by atoms with E-state index in [0.717, 1.165) is 16.2 Å². The van der Waals surface area contributed by atoms with E-state index in [1.54, 1.807) is 11.0 Å². The average Bonchev–Trinajstić information content (AvgIpc) is 3.30. The third-order valence-corrected chi connectivity index (χ3v) is 5.59. The van der Waals surface area contributed by atoms with Gasteiger partial charge >= 0.3 is 5.97 Å². The monoisotopic (exact) mass is 395 g/mol. The molecule has 0 saturated carbocycles. The molecule has 1 atom stereocenters. The van der Waals surface area contributed by atoms with E-state index in [1.165, 1.54) is 11.3 Å². The van der Waals surface area contributed by atoms with Crippen molar-refractivity contribution in [1.29, 1.82) is 0 Å². The normalized spacial score (nSPS) is 18.3. The van der Waals surface area contributed by atoms with Crippen LogP contribution in [0.4, 0.5) is 0 Å². The Morgan fingerprint density at radius 2 is 1.88 bits per heavy atom. The van der Waals surface area contributed by atoms with Crippen LogP contribution in [-0.4, -0.2) is 48.2 Å². The van der Waals surface area contributed by atoms with Crippen molar-refractivity contribution in [1.82, 2.24) is 4.90 Å². The van der Waals surface area contributed by atoms with Gasteiger partial charge in [0.25, 0.3) is 5.91 Å². The molecule has 1 amide bonds. The number of fused-ring (bicyclic) bond motifs is 1. The van der Waals surface area contributed by atoms with Crippen molar-refractivity contribution < 1.29 is 24.2 Å². The Balaban J connectivity index is 0.00000196. The van der Waals surface area contributed by atoms with Gasteiger partial charge in [-0.15, -0.1) is 23.7 Å². The molecular formula is C18H18ClNO5S. The van der Waals surface area contributed by atoms with Crippen LogP contribution in [0.3, 0.4) is 0 Å². The molecule has 1 aromatic heterocycles. The highest BCUT2D eigenvalue weighted by molar-refractivity contribution is 7.17. The number of carboxylic acid groups (broad SMARTS) is 1. The predicted octanol–water partition coefficient (Wildman–Crippen LogP) is 3.15. The second-order valence-electron chi connectivity index (χ2n) is 6.10. The van der Waals surface area contributed by atoms with Crippen molar-refractivity contribution in [3.05, 3.63) is 35.2 Å². The van der Waals surface area contributed by atoms with E-state index in [0.29, 0.717) is 36.8 Å². The lowest BCUT2D eigenvalue weighted by Gasteiger charge is -2.18. The number of hydrogen-bond donors (Lipinski definition) is 1. The fraction of sp³-hybridized carbons (Fsp3) is 0.333. The number of carboxylic acids is 1. The fourth-order valence-electron chi connectivity index (χ4n) is 3.11. The number of likely N-dealkylation sites (tertiary alicyclic amines) is 1. The first-order valence-corrected chi connectivity index (χ1v) is 8.95. The SMILES string of the molecule is Cl.O=C(O)C1CCN(C(=O)c2ccc(-c3ccc4c(c3)OCCO4)s2)C1. The first kappa shape index (κ1) is 18.5. The number of hydrogen-bond acceptors (Lipinski definition) is 5. The summed E-state index contributed by atoms with van der Waals surface area (Å²) in [5.74, 6) is 0.0608. The minimum Gasteiger partial charge on any atom is -0.486 e. The molecule has 2 aliphatic rings. The van der Waals surface area contributed by atoms with E-state index in [9.17, 15) is 9.59 Å². The highest BCUT2D eigenvalue weighted by Crippen LogP contribution is 2.37. The van der Waals surface area contributed by atoms with Crippen LogP contribution in [0.25, 0.3) is 10.4 Å². The molecule has 1 N–H and O–H groups in total. The molecule has 8 heteroatoms. The standard InChI is InChI=1S/C18H17NO5S.ClH/c20-17(19-6-5-12(10-19)18(21)22)16-4-3-15(25-16)11-1-2-13-14(9-11)24-8-7-23-13;/h1-4,9,12H,5-8,10H2,(H,21,22);1H. The number of thiophene rings is 1. The molecule has 1 aromatic carbocycles. The summed E-state index contributed by atoms with van der Waals surface area (Å²) in [6, 6.07) is 9.46. The number of carbonyl (C=O) groups excluding carboxylic acids is 1. The number of amides is 1. The first-order valence-electron chi connectivity index (χ1n) is 8.14. The van der Waals surface area contributed by atoms with E-state index in [-0.39, 0.29) is 24.9 Å². The Bertz CT molecular complexity index is 837. The molecule has 6 nitrogen and oxygen atoms in total. The van der Waals surface area contributed by atoms with Gasteiger partial charge in [0.2, 0.25) is 0 Å². The summed E-state index contributed by atoms with van der Waals surface area (Å²) in [5.41, 5.74) is 0.970. The molecule has 0 radical (unpaired) electrons. The Hall–Kier alpha value is -2.25. The topological polar surface area (TPSA) is 76.1 Å². The maximum atomic E-state index is 12.6. The van der Waals surface area contributed by atoms with Crippen LogP contribution in [0.1, 0.15) is 16.1 Å². The van der Waals surface area contributed by atoms with Crippen molar-refractivity contribution in [3.63, 3.8) is 0 Å². The molecule has 1 unspecified atom stereocenters. The van der Waals surface area contributed by atoms with Gasteiger partial charge in [-0.05, 0) is 42.3 Å². The molecule has 0 spiro atoms. The second-order valence-corrected chi connectivity index (χ2v) is 7.18. The predicted molar refractivity (Wildman–Crippen MR) is 99.6 cm³/mol. The van der Waals surface area contributed by atoms with Crippen molar-refractivity contribution in [2.75, 3.05) is 26.3 Å². The molecule has 3 heterocycles. The lowest BCUT2D eigenvalue weighted by atomic mass is 10.1.